The first kappa shape index (κ1) is 17.2. The van der Waals surface area contributed by atoms with Crippen molar-refractivity contribution in [2.24, 2.45) is 0 Å². The summed E-state index contributed by atoms with van der Waals surface area (Å²) in [5.74, 6) is 0.729. The van der Waals surface area contributed by atoms with Crippen LogP contribution in [0, 0.1) is 6.92 Å². The Balaban J connectivity index is 1.52. The first-order chi connectivity index (χ1) is 13.1. The van der Waals surface area contributed by atoms with E-state index in [1.807, 2.05) is 38.2 Å². The van der Waals surface area contributed by atoms with Crippen LogP contribution in [0.5, 0.6) is 0 Å². The number of nitrogens with zero attached hydrogens (tertiary/aromatic N) is 3. The van der Waals surface area contributed by atoms with E-state index < -0.39 is 0 Å². The second-order valence-corrected chi connectivity index (χ2v) is 7.32. The normalized spacial score (nSPS) is 10.9. The van der Waals surface area contributed by atoms with Crippen molar-refractivity contribution in [1.29, 1.82) is 0 Å². The van der Waals surface area contributed by atoms with E-state index in [-0.39, 0.29) is 0 Å². The average Bonchev–Trinajstić information content (AvgIpc) is 3.11. The molecule has 2 heterocycles. The highest BCUT2D eigenvalue weighted by atomic mass is 32.1. The van der Waals surface area contributed by atoms with E-state index in [2.05, 4.69) is 37.7 Å². The summed E-state index contributed by atoms with van der Waals surface area (Å²) in [6.45, 7) is 2.65. The van der Waals surface area contributed by atoms with Crippen molar-refractivity contribution in [3.05, 3.63) is 59.9 Å². The van der Waals surface area contributed by atoms with Gasteiger partial charge in [0, 0.05) is 24.8 Å². The number of hydrogen-bond donors (Lipinski definition) is 3. The highest BCUT2D eigenvalue weighted by Crippen LogP contribution is 2.27. The van der Waals surface area contributed by atoms with Crippen LogP contribution in [-0.4, -0.2) is 22.0 Å². The number of fused-ring (bicyclic) bond motifs is 1. The number of benzene rings is 2. The van der Waals surface area contributed by atoms with Crippen LogP contribution >= 0.6 is 11.3 Å². The van der Waals surface area contributed by atoms with Crippen molar-refractivity contribution >= 4 is 38.2 Å². The fourth-order valence-electron chi connectivity index (χ4n) is 2.77. The van der Waals surface area contributed by atoms with E-state index in [0.717, 1.165) is 43.7 Å². The first-order valence-corrected chi connectivity index (χ1v) is 9.43. The van der Waals surface area contributed by atoms with Gasteiger partial charge < -0.3 is 16.4 Å². The lowest BCUT2D eigenvalue weighted by Crippen LogP contribution is -2.02. The average molecular weight is 376 g/mol. The summed E-state index contributed by atoms with van der Waals surface area (Å²) in [6, 6.07) is 12.2. The van der Waals surface area contributed by atoms with Gasteiger partial charge in [-0.05, 0) is 36.2 Å². The third-order valence-electron chi connectivity index (χ3n) is 4.35. The Morgan fingerprint density at radius 1 is 1.07 bits per heavy atom. The molecule has 136 valence electrons. The lowest BCUT2D eigenvalue weighted by Gasteiger charge is -2.08. The van der Waals surface area contributed by atoms with Gasteiger partial charge in [-0.25, -0.2) is 9.97 Å². The molecule has 4 aromatic rings. The fourth-order valence-corrected chi connectivity index (χ4v) is 3.65. The minimum atomic E-state index is 0.664. The van der Waals surface area contributed by atoms with Gasteiger partial charge in [-0.3, -0.25) is 4.98 Å². The lowest BCUT2D eigenvalue weighted by molar-refractivity contribution is 1.09. The largest absolute Gasteiger partial charge is 0.398 e. The molecule has 0 saturated heterocycles. The van der Waals surface area contributed by atoms with Gasteiger partial charge in [-0.2, -0.15) is 0 Å². The van der Waals surface area contributed by atoms with Crippen molar-refractivity contribution in [2.45, 2.75) is 13.5 Å². The molecular weight excluding hydrogens is 356 g/mol. The van der Waals surface area contributed by atoms with Gasteiger partial charge in [0.1, 0.15) is 5.82 Å². The minimum Gasteiger partial charge on any atom is -0.398 e. The van der Waals surface area contributed by atoms with Crippen LogP contribution < -0.4 is 16.4 Å². The second kappa shape index (κ2) is 7.20. The summed E-state index contributed by atoms with van der Waals surface area (Å²) >= 11 is 1.65. The lowest BCUT2D eigenvalue weighted by atomic mass is 10.1. The number of thiazole rings is 1. The maximum atomic E-state index is 6.02. The summed E-state index contributed by atoms with van der Waals surface area (Å²) in [6.07, 6.45) is 3.48. The molecule has 0 amide bonds. The molecule has 0 atom stereocenters. The molecule has 0 saturated carbocycles. The molecule has 2 aromatic heterocycles. The van der Waals surface area contributed by atoms with Crippen molar-refractivity contribution in [2.75, 3.05) is 23.4 Å². The molecule has 0 aliphatic heterocycles. The molecule has 0 bridgehead atoms. The highest BCUT2D eigenvalue weighted by Gasteiger charge is 2.06. The van der Waals surface area contributed by atoms with Crippen LogP contribution in [0.2, 0.25) is 0 Å². The van der Waals surface area contributed by atoms with Gasteiger partial charge in [0.15, 0.2) is 5.13 Å². The molecule has 6 nitrogen and oxygen atoms in total. The minimum absolute atomic E-state index is 0.664. The molecule has 0 aliphatic carbocycles. The zero-order valence-corrected chi connectivity index (χ0v) is 16.0. The van der Waals surface area contributed by atoms with Crippen LogP contribution in [0.4, 0.5) is 16.6 Å². The van der Waals surface area contributed by atoms with Gasteiger partial charge in [0.05, 0.1) is 28.3 Å². The second-order valence-electron chi connectivity index (χ2n) is 6.29. The predicted molar refractivity (Wildman–Crippen MR) is 113 cm³/mol. The van der Waals surface area contributed by atoms with E-state index >= 15 is 0 Å². The molecular formula is C20H20N6S. The van der Waals surface area contributed by atoms with Crippen LogP contribution in [0.3, 0.4) is 0 Å². The monoisotopic (exact) mass is 376 g/mol. The van der Waals surface area contributed by atoms with Gasteiger partial charge >= 0.3 is 0 Å². The molecule has 27 heavy (non-hydrogen) atoms. The van der Waals surface area contributed by atoms with E-state index in [1.54, 1.807) is 23.7 Å². The maximum Gasteiger partial charge on any atom is 0.183 e. The summed E-state index contributed by atoms with van der Waals surface area (Å²) in [7, 11) is 1.88. The fraction of sp³-hybridized carbons (Fsp3) is 0.150. The van der Waals surface area contributed by atoms with Gasteiger partial charge in [0.2, 0.25) is 0 Å². The summed E-state index contributed by atoms with van der Waals surface area (Å²) in [5, 5.41) is 7.36. The quantitative estimate of drug-likeness (QED) is 0.450. The van der Waals surface area contributed by atoms with Crippen molar-refractivity contribution in [3.63, 3.8) is 0 Å². The maximum absolute atomic E-state index is 6.02. The van der Waals surface area contributed by atoms with Gasteiger partial charge in [-0.15, -0.1) is 0 Å². The Hall–Kier alpha value is -3.19. The summed E-state index contributed by atoms with van der Waals surface area (Å²) < 4.78 is 1.16. The Bertz CT molecular complexity index is 1100. The van der Waals surface area contributed by atoms with Crippen molar-refractivity contribution in [1.82, 2.24) is 15.0 Å². The van der Waals surface area contributed by atoms with Gasteiger partial charge in [0.25, 0.3) is 0 Å². The SMILES string of the molecule is CNc1nc2ccc(CNc3cncc(-c4ccc(C)c(N)c4)n3)cc2s1. The molecule has 0 spiro atoms. The third kappa shape index (κ3) is 3.68. The van der Waals surface area contributed by atoms with Crippen molar-refractivity contribution in [3.8, 4) is 11.3 Å². The smallest absolute Gasteiger partial charge is 0.183 e. The first-order valence-electron chi connectivity index (χ1n) is 8.62. The molecule has 0 fully saturated rings. The topological polar surface area (TPSA) is 88.8 Å². The predicted octanol–water partition coefficient (Wildman–Crippen LogP) is 4.30. The number of aromatic nitrogens is 3. The Kier molecular flexibility index (Phi) is 4.60. The standard InChI is InChI=1S/C20H20N6S/c1-12-3-5-14(8-15(12)21)17-10-23-11-19(25-17)24-9-13-4-6-16-18(7-13)27-20(22-2)26-16/h3-8,10-11H,9,21H2,1-2H3,(H,22,26)(H,24,25). The summed E-state index contributed by atoms with van der Waals surface area (Å²) in [4.78, 5) is 13.5. The van der Waals surface area contributed by atoms with E-state index in [4.69, 9.17) is 5.73 Å². The molecule has 4 rings (SSSR count). The molecule has 0 aliphatic rings. The number of anilines is 3. The van der Waals surface area contributed by atoms with E-state index in [9.17, 15) is 0 Å². The van der Waals surface area contributed by atoms with Gasteiger partial charge in [-0.1, -0.05) is 29.5 Å². The molecule has 0 unspecified atom stereocenters. The number of nitrogen functional groups attached to an aromatic ring is 1. The molecule has 2 aromatic carbocycles. The van der Waals surface area contributed by atoms with Crippen LogP contribution in [-0.2, 0) is 6.54 Å². The molecule has 7 heteroatoms. The number of rotatable bonds is 5. The Morgan fingerprint density at radius 3 is 2.78 bits per heavy atom. The summed E-state index contributed by atoms with van der Waals surface area (Å²) in [5.41, 5.74) is 11.8. The number of nitrogens with two attached hydrogens (primary N) is 1. The zero-order valence-electron chi connectivity index (χ0n) is 15.2. The van der Waals surface area contributed by atoms with Crippen LogP contribution in [0.25, 0.3) is 21.5 Å². The highest BCUT2D eigenvalue weighted by molar-refractivity contribution is 7.22. The Labute approximate surface area is 161 Å². The third-order valence-corrected chi connectivity index (χ3v) is 5.39. The zero-order chi connectivity index (χ0) is 18.8. The Morgan fingerprint density at radius 2 is 1.96 bits per heavy atom. The van der Waals surface area contributed by atoms with Crippen LogP contribution in [0.15, 0.2) is 48.8 Å². The van der Waals surface area contributed by atoms with E-state index in [0.29, 0.717) is 6.54 Å². The number of aryl methyl sites for hydroxylation is 1. The van der Waals surface area contributed by atoms with Crippen molar-refractivity contribution < 1.29 is 0 Å². The number of hydrogen-bond acceptors (Lipinski definition) is 7. The number of nitrogens with one attached hydrogen (secondary N) is 2. The molecule has 0 radical (unpaired) electrons. The molecule has 4 N–H and O–H groups in total. The van der Waals surface area contributed by atoms with E-state index in [1.165, 1.54) is 5.56 Å². The van der Waals surface area contributed by atoms with Crippen LogP contribution in [0.1, 0.15) is 11.1 Å².